The van der Waals surface area contributed by atoms with Gasteiger partial charge in [-0.25, -0.2) is 4.99 Å². The highest BCUT2D eigenvalue weighted by Gasteiger charge is 2.10. The van der Waals surface area contributed by atoms with E-state index in [1.54, 1.807) is 0 Å². The molecular weight excluding hydrogens is 374 g/mol. The van der Waals surface area contributed by atoms with Crippen molar-refractivity contribution in [2.24, 2.45) is 4.99 Å². The number of nitrogens with one attached hydrogen (secondary N) is 2. The van der Waals surface area contributed by atoms with Gasteiger partial charge in [0.25, 0.3) is 0 Å². The molecule has 3 rings (SSSR count). The lowest BCUT2D eigenvalue weighted by Crippen LogP contribution is -2.39. The summed E-state index contributed by atoms with van der Waals surface area (Å²) in [6.45, 7) is 13.3. The Kier molecular flexibility index (Phi) is 10.5. The van der Waals surface area contributed by atoms with E-state index in [1.807, 2.05) is 0 Å². The van der Waals surface area contributed by atoms with E-state index >= 15 is 0 Å². The van der Waals surface area contributed by atoms with E-state index in [0.717, 1.165) is 58.3 Å². The number of guanidine groups is 1. The minimum absolute atomic E-state index is 0.715. The Balaban J connectivity index is 1.36. The zero-order valence-electron chi connectivity index (χ0n) is 18.9. The third-order valence-electron chi connectivity index (χ3n) is 5.94. The molecular formula is C24H41N5O. The smallest absolute Gasteiger partial charge is 0.191 e. The maximum Gasteiger partial charge on any atom is 0.191 e. The van der Waals surface area contributed by atoms with Crippen molar-refractivity contribution >= 4 is 5.96 Å². The second-order valence-electron chi connectivity index (χ2n) is 8.44. The van der Waals surface area contributed by atoms with Crippen LogP contribution in [0.25, 0.3) is 0 Å². The van der Waals surface area contributed by atoms with Gasteiger partial charge in [0, 0.05) is 32.7 Å². The molecule has 0 aliphatic carbocycles. The van der Waals surface area contributed by atoms with Crippen LogP contribution in [0.5, 0.6) is 0 Å². The molecule has 2 heterocycles. The van der Waals surface area contributed by atoms with Gasteiger partial charge in [-0.3, -0.25) is 9.80 Å². The van der Waals surface area contributed by atoms with Crippen molar-refractivity contribution in [3.05, 3.63) is 35.4 Å². The van der Waals surface area contributed by atoms with Gasteiger partial charge in [0.1, 0.15) is 0 Å². The van der Waals surface area contributed by atoms with Crippen LogP contribution in [0, 0.1) is 0 Å². The fourth-order valence-corrected chi connectivity index (χ4v) is 4.13. The summed E-state index contributed by atoms with van der Waals surface area (Å²) < 4.78 is 5.41. The van der Waals surface area contributed by atoms with Crippen LogP contribution in [0.3, 0.4) is 0 Å². The number of aliphatic imine (C=N–C) groups is 1. The highest BCUT2D eigenvalue weighted by Crippen LogP contribution is 2.14. The molecule has 0 aromatic heterocycles. The van der Waals surface area contributed by atoms with Crippen LogP contribution >= 0.6 is 0 Å². The Labute approximate surface area is 183 Å². The summed E-state index contributed by atoms with van der Waals surface area (Å²) in [5.74, 6) is 0.918. The van der Waals surface area contributed by atoms with Gasteiger partial charge in [-0.2, -0.15) is 0 Å². The van der Waals surface area contributed by atoms with E-state index in [2.05, 4.69) is 51.6 Å². The largest absolute Gasteiger partial charge is 0.379 e. The molecule has 0 atom stereocenters. The quantitative estimate of drug-likeness (QED) is 0.350. The van der Waals surface area contributed by atoms with Gasteiger partial charge in [0.15, 0.2) is 5.96 Å². The van der Waals surface area contributed by atoms with E-state index < -0.39 is 0 Å². The number of ether oxygens (including phenoxy) is 1. The van der Waals surface area contributed by atoms with Crippen LogP contribution in [-0.4, -0.2) is 74.8 Å². The number of morpholine rings is 1. The van der Waals surface area contributed by atoms with Crippen LogP contribution in [0.1, 0.15) is 50.2 Å². The molecule has 0 spiro atoms. The average molecular weight is 416 g/mol. The van der Waals surface area contributed by atoms with Gasteiger partial charge in [-0.05, 0) is 63.4 Å². The molecule has 2 saturated heterocycles. The third-order valence-corrected chi connectivity index (χ3v) is 5.94. The van der Waals surface area contributed by atoms with Crippen LogP contribution in [0.2, 0.25) is 0 Å². The number of hydrogen-bond acceptors (Lipinski definition) is 4. The van der Waals surface area contributed by atoms with Crippen molar-refractivity contribution in [1.82, 2.24) is 20.4 Å². The molecule has 0 bridgehead atoms. The Bertz CT molecular complexity index is 607. The Morgan fingerprint density at radius 3 is 2.37 bits per heavy atom. The van der Waals surface area contributed by atoms with E-state index in [1.165, 1.54) is 56.4 Å². The molecule has 0 amide bonds. The summed E-state index contributed by atoms with van der Waals surface area (Å²) in [4.78, 5) is 9.84. The first-order valence-corrected chi connectivity index (χ1v) is 12.0. The minimum Gasteiger partial charge on any atom is -0.379 e. The third kappa shape index (κ3) is 8.62. The molecule has 6 heteroatoms. The highest BCUT2D eigenvalue weighted by atomic mass is 16.5. The molecule has 2 aliphatic rings. The van der Waals surface area contributed by atoms with Gasteiger partial charge in [0.05, 0.1) is 19.8 Å². The predicted molar refractivity (Wildman–Crippen MR) is 125 cm³/mol. The van der Waals surface area contributed by atoms with Gasteiger partial charge < -0.3 is 15.4 Å². The maximum atomic E-state index is 5.41. The first-order chi connectivity index (χ1) is 14.8. The van der Waals surface area contributed by atoms with Crippen molar-refractivity contribution in [3.8, 4) is 0 Å². The van der Waals surface area contributed by atoms with E-state index in [9.17, 15) is 0 Å². The molecule has 1 aromatic carbocycles. The number of rotatable bonds is 10. The number of piperidine rings is 1. The Morgan fingerprint density at radius 1 is 0.900 bits per heavy atom. The van der Waals surface area contributed by atoms with E-state index in [-0.39, 0.29) is 0 Å². The molecule has 30 heavy (non-hydrogen) atoms. The van der Waals surface area contributed by atoms with Crippen molar-refractivity contribution in [2.45, 2.75) is 52.1 Å². The molecule has 1 aromatic rings. The van der Waals surface area contributed by atoms with Crippen LogP contribution in [-0.2, 0) is 17.8 Å². The number of hydrogen-bond donors (Lipinski definition) is 2. The van der Waals surface area contributed by atoms with Crippen molar-refractivity contribution in [1.29, 1.82) is 0 Å². The number of nitrogens with zero attached hydrogens (tertiary/aromatic N) is 3. The van der Waals surface area contributed by atoms with Gasteiger partial charge in [-0.15, -0.1) is 0 Å². The lowest BCUT2D eigenvalue weighted by molar-refractivity contribution is 0.0372. The average Bonchev–Trinajstić information content (AvgIpc) is 2.79. The summed E-state index contributed by atoms with van der Waals surface area (Å²) >= 11 is 0. The van der Waals surface area contributed by atoms with Crippen molar-refractivity contribution in [2.75, 3.05) is 59.0 Å². The summed E-state index contributed by atoms with van der Waals surface area (Å²) in [5.41, 5.74) is 2.68. The van der Waals surface area contributed by atoms with Crippen LogP contribution in [0.15, 0.2) is 29.3 Å². The van der Waals surface area contributed by atoms with Crippen LogP contribution < -0.4 is 10.6 Å². The zero-order chi connectivity index (χ0) is 20.9. The monoisotopic (exact) mass is 415 g/mol. The normalized spacial score (nSPS) is 19.0. The molecule has 0 radical (unpaired) electrons. The molecule has 0 unspecified atom stereocenters. The number of benzene rings is 1. The maximum absolute atomic E-state index is 5.41. The van der Waals surface area contributed by atoms with Crippen molar-refractivity contribution in [3.63, 3.8) is 0 Å². The fourth-order valence-electron chi connectivity index (χ4n) is 4.13. The number of likely N-dealkylation sites (tertiary alicyclic amines) is 1. The molecule has 2 fully saturated rings. The molecule has 0 saturated carbocycles. The number of unbranched alkanes of at least 4 members (excludes halogenated alkanes) is 1. The molecule has 168 valence electrons. The summed E-state index contributed by atoms with van der Waals surface area (Å²) in [7, 11) is 0. The van der Waals surface area contributed by atoms with Gasteiger partial charge >= 0.3 is 0 Å². The topological polar surface area (TPSA) is 52.1 Å². The fraction of sp³-hybridized carbons (Fsp3) is 0.708. The van der Waals surface area contributed by atoms with E-state index in [0.29, 0.717) is 6.54 Å². The Hall–Kier alpha value is -1.63. The first-order valence-electron chi connectivity index (χ1n) is 12.0. The van der Waals surface area contributed by atoms with E-state index in [4.69, 9.17) is 9.73 Å². The summed E-state index contributed by atoms with van der Waals surface area (Å²) in [6.07, 6.45) is 6.46. The zero-order valence-corrected chi connectivity index (χ0v) is 18.9. The predicted octanol–water partition coefficient (Wildman–Crippen LogP) is 2.84. The highest BCUT2D eigenvalue weighted by molar-refractivity contribution is 5.79. The van der Waals surface area contributed by atoms with Gasteiger partial charge in [0.2, 0.25) is 0 Å². The first kappa shape index (κ1) is 23.0. The summed E-state index contributed by atoms with van der Waals surface area (Å²) in [6, 6.07) is 9.00. The second kappa shape index (κ2) is 13.6. The Morgan fingerprint density at radius 2 is 1.63 bits per heavy atom. The lowest BCUT2D eigenvalue weighted by atomic mass is 10.1. The van der Waals surface area contributed by atoms with Gasteiger partial charge in [-0.1, -0.05) is 30.7 Å². The molecule has 6 nitrogen and oxygen atoms in total. The SMILES string of the molecule is CCNC(=NCc1ccc(CN2CCCCC2)cc1)NCCCCN1CCOCC1. The second-order valence-corrected chi connectivity index (χ2v) is 8.44. The molecule has 2 N–H and O–H groups in total. The standard InChI is InChI=1S/C24H41N5O/c1-2-25-24(26-12-4-7-13-28-16-18-30-19-17-28)27-20-22-8-10-23(11-9-22)21-29-14-5-3-6-15-29/h8-11H,2-7,12-21H2,1H3,(H2,25,26,27). The lowest BCUT2D eigenvalue weighted by Gasteiger charge is -2.26. The van der Waals surface area contributed by atoms with Crippen LogP contribution in [0.4, 0.5) is 0 Å². The summed E-state index contributed by atoms with van der Waals surface area (Å²) in [5, 5.41) is 6.85. The minimum atomic E-state index is 0.715. The molecule has 2 aliphatic heterocycles. The van der Waals surface area contributed by atoms with Crippen molar-refractivity contribution < 1.29 is 4.74 Å².